The molecule has 0 saturated heterocycles. The fraction of sp³-hybridized carbons (Fsp3) is 0.267. The van der Waals surface area contributed by atoms with E-state index in [1.165, 1.54) is 7.11 Å². The van der Waals surface area contributed by atoms with Crippen LogP contribution in [0.5, 0.6) is 0 Å². The van der Waals surface area contributed by atoms with E-state index in [9.17, 15) is 9.59 Å². The molecule has 6 heteroatoms. The summed E-state index contributed by atoms with van der Waals surface area (Å²) in [5.41, 5.74) is 2.67. The fourth-order valence-electron chi connectivity index (χ4n) is 1.99. The number of esters is 1. The maximum atomic E-state index is 12.3. The van der Waals surface area contributed by atoms with Crippen LogP contribution in [0.1, 0.15) is 37.7 Å². The van der Waals surface area contributed by atoms with Crippen LogP contribution in [0.3, 0.4) is 0 Å². The van der Waals surface area contributed by atoms with E-state index in [-0.39, 0.29) is 5.91 Å². The van der Waals surface area contributed by atoms with Gasteiger partial charge in [-0.05, 0) is 38.5 Å². The van der Waals surface area contributed by atoms with Crippen LogP contribution in [0.4, 0.5) is 5.69 Å². The third kappa shape index (κ3) is 2.94. The van der Waals surface area contributed by atoms with E-state index in [0.717, 1.165) is 5.56 Å². The Bertz CT molecular complexity index is 684. The van der Waals surface area contributed by atoms with Crippen molar-refractivity contribution >= 4 is 17.6 Å². The topological polar surface area (TPSA) is 81.4 Å². The van der Waals surface area contributed by atoms with Crippen LogP contribution >= 0.6 is 0 Å². The van der Waals surface area contributed by atoms with Gasteiger partial charge < -0.3 is 14.6 Å². The van der Waals surface area contributed by atoms with E-state index >= 15 is 0 Å². The van der Waals surface area contributed by atoms with Crippen LogP contribution in [0, 0.1) is 20.8 Å². The molecular formula is C15H16N2O4. The maximum Gasteiger partial charge on any atom is 0.337 e. The molecule has 0 spiro atoms. The largest absolute Gasteiger partial charge is 0.465 e. The first-order valence-electron chi connectivity index (χ1n) is 6.37. The van der Waals surface area contributed by atoms with Crippen LogP contribution in [0.15, 0.2) is 22.7 Å². The molecule has 6 nitrogen and oxygen atoms in total. The molecule has 0 saturated carbocycles. The van der Waals surface area contributed by atoms with Gasteiger partial charge in [0.05, 0.1) is 18.4 Å². The van der Waals surface area contributed by atoms with E-state index < -0.39 is 5.97 Å². The number of benzene rings is 1. The molecule has 0 bridgehead atoms. The molecule has 1 heterocycles. The van der Waals surface area contributed by atoms with Crippen molar-refractivity contribution in [2.75, 3.05) is 12.4 Å². The Morgan fingerprint density at radius 3 is 2.52 bits per heavy atom. The molecule has 0 aliphatic rings. The molecule has 1 N–H and O–H groups in total. The summed E-state index contributed by atoms with van der Waals surface area (Å²) in [5.74, 6) is -0.328. The molecule has 2 rings (SSSR count). The third-order valence-corrected chi connectivity index (χ3v) is 3.17. The van der Waals surface area contributed by atoms with Crippen molar-refractivity contribution in [2.24, 2.45) is 0 Å². The fourth-order valence-corrected chi connectivity index (χ4v) is 1.99. The average molecular weight is 288 g/mol. The number of hydrogen-bond donors (Lipinski definition) is 1. The van der Waals surface area contributed by atoms with Gasteiger partial charge in [-0.25, -0.2) is 4.79 Å². The molecule has 0 aliphatic heterocycles. The zero-order valence-electron chi connectivity index (χ0n) is 12.3. The van der Waals surface area contributed by atoms with Gasteiger partial charge >= 0.3 is 5.97 Å². The Morgan fingerprint density at radius 2 is 1.95 bits per heavy atom. The van der Waals surface area contributed by atoms with Gasteiger partial charge in [-0.1, -0.05) is 11.2 Å². The minimum atomic E-state index is -0.456. The van der Waals surface area contributed by atoms with Crippen LogP contribution in [-0.2, 0) is 4.74 Å². The second-order valence-corrected chi connectivity index (χ2v) is 4.67. The second kappa shape index (κ2) is 5.78. The Labute approximate surface area is 122 Å². The number of anilines is 1. The number of nitrogens with one attached hydrogen (secondary N) is 1. The molecule has 0 unspecified atom stereocenters. The number of aryl methyl sites for hydroxylation is 3. The molecule has 0 fully saturated rings. The van der Waals surface area contributed by atoms with Gasteiger partial charge in [0.15, 0.2) is 0 Å². The second-order valence-electron chi connectivity index (χ2n) is 4.67. The first-order valence-corrected chi connectivity index (χ1v) is 6.37. The Morgan fingerprint density at radius 1 is 1.24 bits per heavy atom. The molecule has 1 aromatic heterocycles. The number of amides is 1. The summed E-state index contributed by atoms with van der Waals surface area (Å²) in [6, 6.07) is 4.97. The van der Waals surface area contributed by atoms with E-state index in [2.05, 4.69) is 15.2 Å². The summed E-state index contributed by atoms with van der Waals surface area (Å²) in [7, 11) is 1.31. The van der Waals surface area contributed by atoms with Crippen molar-refractivity contribution < 1.29 is 18.8 Å². The maximum absolute atomic E-state index is 12.3. The number of carbonyl (C=O) groups is 2. The molecule has 0 atom stereocenters. The summed E-state index contributed by atoms with van der Waals surface area (Å²) in [5, 5.41) is 6.52. The van der Waals surface area contributed by atoms with Gasteiger partial charge in [0, 0.05) is 5.69 Å². The van der Waals surface area contributed by atoms with Crippen molar-refractivity contribution in [2.45, 2.75) is 20.8 Å². The van der Waals surface area contributed by atoms with Crippen molar-refractivity contribution in [1.82, 2.24) is 5.16 Å². The average Bonchev–Trinajstić information content (AvgIpc) is 2.79. The predicted octanol–water partition coefficient (Wildman–Crippen LogP) is 2.64. The lowest BCUT2D eigenvalue weighted by Gasteiger charge is -2.09. The first kappa shape index (κ1) is 14.8. The van der Waals surface area contributed by atoms with Gasteiger partial charge in [-0.2, -0.15) is 0 Å². The molecule has 1 amide bonds. The predicted molar refractivity (Wildman–Crippen MR) is 76.4 cm³/mol. The summed E-state index contributed by atoms with van der Waals surface area (Å²) < 4.78 is 9.65. The number of rotatable bonds is 3. The quantitative estimate of drug-likeness (QED) is 0.878. The molecular weight excluding hydrogens is 272 g/mol. The van der Waals surface area contributed by atoms with E-state index in [4.69, 9.17) is 4.52 Å². The van der Waals surface area contributed by atoms with Crippen molar-refractivity contribution in [3.63, 3.8) is 0 Å². The van der Waals surface area contributed by atoms with Crippen LogP contribution in [-0.4, -0.2) is 24.1 Å². The number of ether oxygens (including phenoxy) is 1. The Hall–Kier alpha value is -2.63. The van der Waals surface area contributed by atoms with Crippen molar-refractivity contribution in [3.8, 4) is 0 Å². The molecule has 21 heavy (non-hydrogen) atoms. The molecule has 0 aliphatic carbocycles. The standard InChI is InChI=1S/C15H16N2O4/c1-8-5-6-11(15(19)20-4)7-12(8)16-14(18)13-9(2)17-21-10(13)3/h5-7H,1-4H3,(H,16,18). The van der Waals surface area contributed by atoms with Crippen LogP contribution < -0.4 is 5.32 Å². The molecule has 110 valence electrons. The first-order chi connectivity index (χ1) is 9.93. The minimum absolute atomic E-state index is 0.323. The minimum Gasteiger partial charge on any atom is -0.465 e. The number of methoxy groups -OCH3 is 1. The summed E-state index contributed by atoms with van der Waals surface area (Å²) >= 11 is 0. The van der Waals surface area contributed by atoms with E-state index in [1.807, 2.05) is 6.92 Å². The highest BCUT2D eigenvalue weighted by atomic mass is 16.5. The monoisotopic (exact) mass is 288 g/mol. The van der Waals surface area contributed by atoms with Gasteiger partial charge in [-0.3, -0.25) is 4.79 Å². The number of nitrogens with zero attached hydrogens (tertiary/aromatic N) is 1. The van der Waals surface area contributed by atoms with Gasteiger partial charge in [0.1, 0.15) is 11.3 Å². The summed E-state index contributed by atoms with van der Waals surface area (Å²) in [6.45, 7) is 5.21. The lowest BCUT2D eigenvalue weighted by Crippen LogP contribution is -2.15. The number of carbonyl (C=O) groups excluding carboxylic acids is 2. The number of hydrogen-bond acceptors (Lipinski definition) is 5. The van der Waals surface area contributed by atoms with Crippen LogP contribution in [0.2, 0.25) is 0 Å². The van der Waals surface area contributed by atoms with Crippen molar-refractivity contribution in [3.05, 3.63) is 46.3 Å². The Kier molecular flexibility index (Phi) is 4.07. The van der Waals surface area contributed by atoms with Gasteiger partial charge in [-0.15, -0.1) is 0 Å². The van der Waals surface area contributed by atoms with Gasteiger partial charge in [0.25, 0.3) is 5.91 Å². The highest BCUT2D eigenvalue weighted by molar-refractivity contribution is 6.06. The smallest absolute Gasteiger partial charge is 0.337 e. The molecule has 1 aromatic carbocycles. The highest BCUT2D eigenvalue weighted by Gasteiger charge is 2.18. The van der Waals surface area contributed by atoms with Gasteiger partial charge in [0.2, 0.25) is 0 Å². The molecule has 2 aromatic rings. The zero-order valence-corrected chi connectivity index (χ0v) is 12.3. The summed E-state index contributed by atoms with van der Waals surface area (Å²) in [4.78, 5) is 23.8. The lowest BCUT2D eigenvalue weighted by molar-refractivity contribution is 0.0600. The highest BCUT2D eigenvalue weighted by Crippen LogP contribution is 2.20. The third-order valence-electron chi connectivity index (χ3n) is 3.17. The van der Waals surface area contributed by atoms with E-state index in [1.54, 1.807) is 32.0 Å². The molecule has 0 radical (unpaired) electrons. The normalized spacial score (nSPS) is 10.3. The lowest BCUT2D eigenvalue weighted by atomic mass is 10.1. The zero-order chi connectivity index (χ0) is 15.6. The summed E-state index contributed by atoms with van der Waals surface area (Å²) in [6.07, 6.45) is 0. The number of aromatic nitrogens is 1. The van der Waals surface area contributed by atoms with Crippen LogP contribution in [0.25, 0.3) is 0 Å². The van der Waals surface area contributed by atoms with E-state index in [0.29, 0.717) is 28.3 Å². The van der Waals surface area contributed by atoms with Crippen molar-refractivity contribution in [1.29, 1.82) is 0 Å². The SMILES string of the molecule is COC(=O)c1ccc(C)c(NC(=O)c2c(C)noc2C)c1. The Balaban J connectivity index is 2.31.